The molecule has 0 radical (unpaired) electrons. The Morgan fingerprint density at radius 3 is 2.81 bits per heavy atom. The van der Waals surface area contributed by atoms with E-state index in [-0.39, 0.29) is 11.3 Å². The minimum atomic E-state index is 0.00890. The lowest BCUT2D eigenvalue weighted by Gasteiger charge is -2.14. The molecular weight excluding hydrogens is 432 g/mol. The summed E-state index contributed by atoms with van der Waals surface area (Å²) in [7, 11) is 3.25. The molecular formula is C23H26N2O4S2. The Hall–Kier alpha value is -2.16. The second-order valence-corrected chi connectivity index (χ2v) is 9.63. The summed E-state index contributed by atoms with van der Waals surface area (Å²) >= 11 is 3.15. The van der Waals surface area contributed by atoms with Gasteiger partial charge >= 0.3 is 0 Å². The molecule has 2 heterocycles. The number of benzene rings is 1. The number of Topliss-reactive ketones (excluding diaryl/α,β-unsaturated/α-hetero) is 1. The number of fused-ring (bicyclic) bond motifs is 3. The van der Waals surface area contributed by atoms with Gasteiger partial charge < -0.3 is 9.47 Å². The monoisotopic (exact) mass is 458 g/mol. The lowest BCUT2D eigenvalue weighted by Crippen LogP contribution is -2.25. The summed E-state index contributed by atoms with van der Waals surface area (Å²) in [5, 5.41) is 1.46. The molecule has 8 heteroatoms. The number of carbonyl (C=O) groups is 1. The van der Waals surface area contributed by atoms with E-state index >= 15 is 0 Å². The van der Waals surface area contributed by atoms with Gasteiger partial charge in [0, 0.05) is 28.9 Å². The molecule has 31 heavy (non-hydrogen) atoms. The van der Waals surface area contributed by atoms with E-state index in [2.05, 4.69) is 0 Å². The van der Waals surface area contributed by atoms with Crippen LogP contribution in [-0.4, -0.2) is 36.2 Å². The number of aromatic nitrogens is 2. The number of ether oxygens (including phenoxy) is 2. The van der Waals surface area contributed by atoms with Crippen LogP contribution in [0, 0.1) is 0 Å². The summed E-state index contributed by atoms with van der Waals surface area (Å²) in [4.78, 5) is 32.3. The van der Waals surface area contributed by atoms with Crippen LogP contribution < -0.4 is 10.3 Å². The average molecular weight is 459 g/mol. The third kappa shape index (κ3) is 4.42. The number of methoxy groups -OCH3 is 2. The van der Waals surface area contributed by atoms with Crippen molar-refractivity contribution in [2.75, 3.05) is 20.8 Å². The van der Waals surface area contributed by atoms with Crippen molar-refractivity contribution in [1.29, 1.82) is 0 Å². The van der Waals surface area contributed by atoms with E-state index in [1.165, 1.54) is 28.6 Å². The second-order valence-electron chi connectivity index (χ2n) is 7.61. The zero-order valence-electron chi connectivity index (χ0n) is 18.0. The molecule has 164 valence electrons. The van der Waals surface area contributed by atoms with E-state index in [0.717, 1.165) is 40.8 Å². The molecule has 2 aromatic heterocycles. The van der Waals surface area contributed by atoms with Gasteiger partial charge in [0.15, 0.2) is 10.9 Å². The van der Waals surface area contributed by atoms with E-state index < -0.39 is 0 Å². The van der Waals surface area contributed by atoms with Gasteiger partial charge in [-0.3, -0.25) is 14.2 Å². The Balaban J connectivity index is 1.74. The molecule has 0 bridgehead atoms. The van der Waals surface area contributed by atoms with Crippen molar-refractivity contribution < 1.29 is 14.3 Å². The maximum atomic E-state index is 13.5. The van der Waals surface area contributed by atoms with E-state index in [1.54, 1.807) is 43.1 Å². The minimum absolute atomic E-state index is 0.00890. The molecule has 0 unspecified atom stereocenters. The van der Waals surface area contributed by atoms with Crippen LogP contribution in [0.3, 0.4) is 0 Å². The van der Waals surface area contributed by atoms with E-state index in [0.29, 0.717) is 29.6 Å². The van der Waals surface area contributed by atoms with Gasteiger partial charge in [0.05, 0.1) is 25.6 Å². The number of aryl methyl sites for hydroxylation is 2. The van der Waals surface area contributed by atoms with Gasteiger partial charge in [-0.1, -0.05) is 11.8 Å². The summed E-state index contributed by atoms with van der Waals surface area (Å²) in [6.45, 7) is 2.45. The fourth-order valence-electron chi connectivity index (χ4n) is 3.96. The molecule has 0 amide bonds. The first-order valence-electron chi connectivity index (χ1n) is 10.4. The van der Waals surface area contributed by atoms with E-state index in [9.17, 15) is 9.59 Å². The van der Waals surface area contributed by atoms with E-state index in [1.807, 2.05) is 12.1 Å². The Morgan fingerprint density at radius 1 is 1.26 bits per heavy atom. The summed E-state index contributed by atoms with van der Waals surface area (Å²) in [5.74, 6) is 1.27. The maximum Gasteiger partial charge on any atom is 0.263 e. The van der Waals surface area contributed by atoms with Gasteiger partial charge in [0.2, 0.25) is 0 Å². The van der Waals surface area contributed by atoms with Crippen molar-refractivity contribution in [1.82, 2.24) is 9.55 Å². The van der Waals surface area contributed by atoms with Crippen molar-refractivity contribution in [3.63, 3.8) is 0 Å². The largest absolute Gasteiger partial charge is 0.496 e. The number of thioether (sulfide) groups is 1. The Bertz CT molecular complexity index is 1180. The number of thiophene rings is 1. The Kier molecular flexibility index (Phi) is 6.79. The normalized spacial score (nSPS) is 13.4. The molecule has 0 atom stereocenters. The molecule has 3 aromatic rings. The van der Waals surface area contributed by atoms with Crippen LogP contribution in [0.25, 0.3) is 10.2 Å². The van der Waals surface area contributed by atoms with Crippen molar-refractivity contribution >= 4 is 39.1 Å². The molecule has 1 aliphatic carbocycles. The zero-order chi connectivity index (χ0) is 22.0. The van der Waals surface area contributed by atoms with Crippen LogP contribution in [-0.2, 0) is 29.9 Å². The Morgan fingerprint density at radius 2 is 2.06 bits per heavy atom. The molecule has 4 rings (SSSR count). The number of nitrogens with zero attached hydrogens (tertiary/aromatic N) is 2. The summed E-state index contributed by atoms with van der Waals surface area (Å²) in [6, 6.07) is 5.44. The van der Waals surface area contributed by atoms with Crippen LogP contribution in [0.4, 0.5) is 0 Å². The van der Waals surface area contributed by atoms with Crippen LogP contribution >= 0.6 is 23.1 Å². The number of rotatable bonds is 8. The van der Waals surface area contributed by atoms with Crippen molar-refractivity contribution in [2.24, 2.45) is 0 Å². The van der Waals surface area contributed by atoms with Crippen molar-refractivity contribution in [3.8, 4) is 5.75 Å². The standard InChI is InChI=1S/C23H26N2O4S2/c1-14(26)15-8-9-18(29-3)16(12-15)13-30-23-24-21-20(22(27)25(23)10-11-28-2)17-6-4-5-7-19(17)31-21/h8-9,12H,4-7,10-11,13H2,1-3H3. The molecule has 1 aliphatic rings. The molecule has 0 saturated heterocycles. The predicted octanol–water partition coefficient (Wildman–Crippen LogP) is 4.49. The highest BCUT2D eigenvalue weighted by molar-refractivity contribution is 7.98. The van der Waals surface area contributed by atoms with E-state index in [4.69, 9.17) is 14.5 Å². The van der Waals surface area contributed by atoms with Crippen LogP contribution in [0.15, 0.2) is 28.2 Å². The van der Waals surface area contributed by atoms with Crippen molar-refractivity contribution in [3.05, 3.63) is 50.1 Å². The number of carbonyl (C=O) groups excluding carboxylic acids is 1. The smallest absolute Gasteiger partial charge is 0.263 e. The highest BCUT2D eigenvalue weighted by Crippen LogP contribution is 2.35. The SMILES string of the molecule is COCCn1c(SCc2cc(C(C)=O)ccc2OC)nc2sc3c(c2c1=O)CCCC3. The predicted molar refractivity (Wildman–Crippen MR) is 125 cm³/mol. The molecule has 0 fully saturated rings. The third-order valence-electron chi connectivity index (χ3n) is 5.60. The van der Waals surface area contributed by atoms with Gasteiger partial charge in [0.25, 0.3) is 5.56 Å². The van der Waals surface area contributed by atoms with Gasteiger partial charge in [-0.15, -0.1) is 11.3 Å². The molecule has 6 nitrogen and oxygen atoms in total. The first kappa shape index (κ1) is 22.0. The molecule has 0 N–H and O–H groups in total. The zero-order valence-corrected chi connectivity index (χ0v) is 19.7. The van der Waals surface area contributed by atoms with Crippen LogP contribution in [0.2, 0.25) is 0 Å². The fourth-order valence-corrected chi connectivity index (χ4v) is 6.27. The molecule has 0 spiro atoms. The van der Waals surface area contributed by atoms with Gasteiger partial charge in [-0.25, -0.2) is 4.98 Å². The quantitative estimate of drug-likeness (QED) is 0.281. The Labute approximate surface area is 189 Å². The van der Waals surface area contributed by atoms with Crippen molar-refractivity contribution in [2.45, 2.75) is 50.1 Å². The lowest BCUT2D eigenvalue weighted by atomic mass is 9.97. The molecule has 0 saturated carbocycles. The first-order valence-corrected chi connectivity index (χ1v) is 12.2. The number of hydrogen-bond acceptors (Lipinski definition) is 7. The number of ketones is 1. The molecule has 0 aliphatic heterocycles. The molecule has 1 aromatic carbocycles. The second kappa shape index (κ2) is 9.54. The summed E-state index contributed by atoms with van der Waals surface area (Å²) < 4.78 is 12.5. The summed E-state index contributed by atoms with van der Waals surface area (Å²) in [6.07, 6.45) is 4.29. The fraction of sp³-hybridized carbons (Fsp3) is 0.435. The number of hydrogen-bond donors (Lipinski definition) is 0. The lowest BCUT2D eigenvalue weighted by molar-refractivity contribution is 0.101. The maximum absolute atomic E-state index is 13.5. The first-order chi connectivity index (χ1) is 15.0. The van der Waals surface area contributed by atoms with Gasteiger partial charge in [0.1, 0.15) is 10.6 Å². The average Bonchev–Trinajstić information content (AvgIpc) is 3.15. The van der Waals surface area contributed by atoms with Gasteiger partial charge in [-0.05, 0) is 56.4 Å². The van der Waals surface area contributed by atoms with Gasteiger partial charge in [-0.2, -0.15) is 0 Å². The third-order valence-corrected chi connectivity index (χ3v) is 7.81. The highest BCUT2D eigenvalue weighted by Gasteiger charge is 2.22. The minimum Gasteiger partial charge on any atom is -0.496 e. The highest BCUT2D eigenvalue weighted by atomic mass is 32.2. The topological polar surface area (TPSA) is 70.4 Å². The summed E-state index contributed by atoms with van der Waals surface area (Å²) in [5.41, 5.74) is 2.76. The van der Waals surface area contributed by atoms with Crippen LogP contribution in [0.5, 0.6) is 5.75 Å². The van der Waals surface area contributed by atoms with Crippen LogP contribution in [0.1, 0.15) is 46.1 Å².